The molecule has 0 atom stereocenters. The van der Waals surface area contributed by atoms with Crippen molar-refractivity contribution in [3.63, 3.8) is 0 Å². The molecule has 6 nitrogen and oxygen atoms in total. The highest BCUT2D eigenvalue weighted by Gasteiger charge is 2.43. The van der Waals surface area contributed by atoms with Crippen molar-refractivity contribution in [3.05, 3.63) is 69.3 Å². The minimum atomic E-state index is -0.322. The first kappa shape index (κ1) is 25.8. The maximum absolute atomic E-state index is 14.1. The molecule has 39 heavy (non-hydrogen) atoms. The molecule has 0 aromatic heterocycles. The first-order chi connectivity index (χ1) is 18.8. The van der Waals surface area contributed by atoms with Gasteiger partial charge in [0, 0.05) is 48.3 Å². The molecule has 0 unspecified atom stereocenters. The number of hydrogen-bond acceptors (Lipinski definition) is 6. The van der Waals surface area contributed by atoms with Crippen molar-refractivity contribution in [1.82, 2.24) is 4.90 Å². The molecule has 0 saturated carbocycles. The van der Waals surface area contributed by atoms with Gasteiger partial charge < -0.3 is 14.4 Å². The zero-order valence-electron chi connectivity index (χ0n) is 23.3. The summed E-state index contributed by atoms with van der Waals surface area (Å²) in [7, 11) is 0. The lowest BCUT2D eigenvalue weighted by atomic mass is 9.68. The number of benzene rings is 2. The molecule has 0 N–H and O–H groups in total. The first-order valence-electron chi connectivity index (χ1n) is 14.0. The van der Waals surface area contributed by atoms with Crippen LogP contribution in [0.3, 0.4) is 0 Å². The molecule has 0 spiro atoms. The second-order valence-corrected chi connectivity index (χ2v) is 11.8. The standard InChI is InChI=1S/C33H35N3O3/c1-21(2)39-13-5-6-23-15-27-28(17-30(23)36-11-9-35(10-12-36)25-19-38-20-25)33(3,4)29-16-24-14-22(18-34)7-8-26(24)31(29)32(27)37/h7-8,14-15,17,21,25H,9-13,16,19-20H2,1-4H3. The van der Waals surface area contributed by atoms with Crippen LogP contribution in [0.1, 0.15) is 65.9 Å². The van der Waals surface area contributed by atoms with Crippen molar-refractivity contribution in [1.29, 1.82) is 5.26 Å². The van der Waals surface area contributed by atoms with Crippen molar-refractivity contribution < 1.29 is 14.3 Å². The number of Topliss-reactive ketones (excluding diaryl/α,β-unsaturated/α-hetero) is 1. The number of anilines is 1. The zero-order valence-corrected chi connectivity index (χ0v) is 23.3. The number of ether oxygens (including phenoxy) is 2. The summed E-state index contributed by atoms with van der Waals surface area (Å²) >= 11 is 0. The lowest BCUT2D eigenvalue weighted by molar-refractivity contribution is -0.0660. The summed E-state index contributed by atoms with van der Waals surface area (Å²) in [5, 5.41) is 9.43. The van der Waals surface area contributed by atoms with Crippen LogP contribution < -0.4 is 4.90 Å². The lowest BCUT2D eigenvalue weighted by Gasteiger charge is -2.44. The molecule has 2 aromatic carbocycles. The Kier molecular flexibility index (Phi) is 6.60. The van der Waals surface area contributed by atoms with Crippen LogP contribution >= 0.6 is 0 Å². The van der Waals surface area contributed by atoms with Crippen molar-refractivity contribution in [3.8, 4) is 17.9 Å². The molecule has 0 amide bonds. The Morgan fingerprint density at radius 3 is 2.54 bits per heavy atom. The van der Waals surface area contributed by atoms with E-state index in [-0.39, 0.29) is 17.3 Å². The molecule has 2 aliphatic carbocycles. The normalized spacial score (nSPS) is 20.1. The van der Waals surface area contributed by atoms with Crippen LogP contribution in [-0.4, -0.2) is 68.8 Å². The molecule has 0 radical (unpaired) electrons. The third-order valence-electron chi connectivity index (χ3n) is 8.71. The van der Waals surface area contributed by atoms with Crippen molar-refractivity contribution in [2.75, 3.05) is 50.9 Å². The molecule has 2 aromatic rings. The molecule has 2 aliphatic heterocycles. The topological polar surface area (TPSA) is 65.8 Å². The van der Waals surface area contributed by atoms with Crippen LogP contribution in [0.4, 0.5) is 5.69 Å². The van der Waals surface area contributed by atoms with E-state index in [1.165, 1.54) is 0 Å². The summed E-state index contributed by atoms with van der Waals surface area (Å²) in [5.74, 6) is 6.62. The molecule has 0 bridgehead atoms. The Morgan fingerprint density at radius 1 is 1.10 bits per heavy atom. The molecule has 4 aliphatic rings. The van der Waals surface area contributed by atoms with Crippen LogP contribution in [0.5, 0.6) is 0 Å². The van der Waals surface area contributed by atoms with Crippen molar-refractivity contribution >= 4 is 17.0 Å². The molecular weight excluding hydrogens is 486 g/mol. The van der Waals surface area contributed by atoms with E-state index < -0.39 is 0 Å². The van der Waals surface area contributed by atoms with E-state index in [1.807, 2.05) is 38.1 Å². The summed E-state index contributed by atoms with van der Waals surface area (Å²) in [5.41, 5.74) is 8.07. The largest absolute Gasteiger partial charge is 0.378 e. The maximum atomic E-state index is 14.1. The van der Waals surface area contributed by atoms with Crippen molar-refractivity contribution in [2.24, 2.45) is 0 Å². The lowest BCUT2D eigenvalue weighted by Crippen LogP contribution is -2.56. The highest BCUT2D eigenvalue weighted by atomic mass is 16.5. The van der Waals surface area contributed by atoms with Crippen LogP contribution in [0.2, 0.25) is 0 Å². The number of fused-ring (bicyclic) bond motifs is 3. The van der Waals surface area contributed by atoms with Crippen LogP contribution in [0.15, 0.2) is 35.9 Å². The van der Waals surface area contributed by atoms with Crippen LogP contribution in [0, 0.1) is 23.2 Å². The molecule has 2 heterocycles. The average molecular weight is 522 g/mol. The van der Waals surface area contributed by atoms with Gasteiger partial charge in [0.25, 0.3) is 0 Å². The maximum Gasteiger partial charge on any atom is 0.193 e. The first-order valence-corrected chi connectivity index (χ1v) is 14.0. The summed E-state index contributed by atoms with van der Waals surface area (Å²) in [6.07, 6.45) is 0.812. The van der Waals surface area contributed by atoms with Gasteiger partial charge in [-0.1, -0.05) is 31.8 Å². The third kappa shape index (κ3) is 4.47. The monoisotopic (exact) mass is 521 g/mol. The zero-order chi connectivity index (χ0) is 27.3. The van der Waals surface area contributed by atoms with Crippen LogP contribution in [0.25, 0.3) is 5.57 Å². The average Bonchev–Trinajstić information content (AvgIpc) is 3.29. The Balaban J connectivity index is 1.39. The fourth-order valence-corrected chi connectivity index (χ4v) is 6.34. The number of rotatable bonds is 4. The van der Waals surface area contributed by atoms with E-state index in [1.54, 1.807) is 0 Å². The summed E-state index contributed by atoms with van der Waals surface area (Å²) < 4.78 is 11.1. The number of nitriles is 1. The minimum absolute atomic E-state index is 0.0608. The molecule has 2 saturated heterocycles. The van der Waals surface area contributed by atoms with Gasteiger partial charge in [0.1, 0.15) is 6.61 Å². The van der Waals surface area contributed by atoms with Gasteiger partial charge in [0.15, 0.2) is 5.78 Å². The number of piperazine rings is 1. The van der Waals surface area contributed by atoms with Gasteiger partial charge in [-0.05, 0) is 66.8 Å². The van der Waals surface area contributed by atoms with Gasteiger partial charge in [-0.25, -0.2) is 0 Å². The second kappa shape index (κ2) is 9.96. The molecule has 6 rings (SSSR count). The number of hydrogen-bond donors (Lipinski definition) is 0. The van der Waals surface area contributed by atoms with E-state index in [4.69, 9.17) is 9.47 Å². The number of carbonyl (C=O) groups excluding carboxylic acids is 1. The van der Waals surface area contributed by atoms with E-state index in [9.17, 15) is 10.1 Å². The highest BCUT2D eigenvalue weighted by Crippen LogP contribution is 2.51. The number of ketones is 1. The minimum Gasteiger partial charge on any atom is -0.378 e. The number of allylic oxidation sites excluding steroid dienone is 2. The predicted molar refractivity (Wildman–Crippen MR) is 152 cm³/mol. The SMILES string of the molecule is CC(C)OCC#Cc1cc2c(cc1N1CCN(C3COC3)CC1)C(C)(C)C1=C(C2=O)c2ccc(C#N)cc2C1. The molecule has 2 fully saturated rings. The molecule has 200 valence electrons. The van der Waals surface area contributed by atoms with Gasteiger partial charge in [0.05, 0.1) is 42.7 Å². The van der Waals surface area contributed by atoms with E-state index in [0.29, 0.717) is 24.6 Å². The van der Waals surface area contributed by atoms with E-state index >= 15 is 0 Å². The van der Waals surface area contributed by atoms with Crippen LogP contribution in [-0.2, 0) is 21.3 Å². The Hall–Kier alpha value is -3.42. The summed E-state index contributed by atoms with van der Waals surface area (Å²) in [6, 6.07) is 12.7. The number of nitrogens with zero attached hydrogens (tertiary/aromatic N) is 3. The van der Waals surface area contributed by atoms with Gasteiger partial charge in [-0.2, -0.15) is 5.26 Å². The smallest absolute Gasteiger partial charge is 0.193 e. The molecular formula is C33H35N3O3. The summed E-state index contributed by atoms with van der Waals surface area (Å²) in [4.78, 5) is 19.0. The van der Waals surface area contributed by atoms with E-state index in [0.717, 1.165) is 84.0 Å². The van der Waals surface area contributed by atoms with Gasteiger partial charge >= 0.3 is 0 Å². The fraction of sp³-hybridized carbons (Fsp3) is 0.455. The quantitative estimate of drug-likeness (QED) is 0.558. The second-order valence-electron chi connectivity index (χ2n) is 11.8. The van der Waals surface area contributed by atoms with Crippen molar-refractivity contribution in [2.45, 2.75) is 51.7 Å². The molecule has 6 heteroatoms. The highest BCUT2D eigenvalue weighted by molar-refractivity contribution is 6.33. The van der Waals surface area contributed by atoms with Gasteiger partial charge in [-0.15, -0.1) is 0 Å². The van der Waals surface area contributed by atoms with Gasteiger partial charge in [-0.3, -0.25) is 9.69 Å². The van der Waals surface area contributed by atoms with E-state index in [2.05, 4.69) is 47.6 Å². The summed E-state index contributed by atoms with van der Waals surface area (Å²) in [6.45, 7) is 14.3. The Labute approximate surface area is 231 Å². The van der Waals surface area contributed by atoms with Gasteiger partial charge in [0.2, 0.25) is 0 Å². The predicted octanol–water partition coefficient (Wildman–Crippen LogP) is 4.34. The Morgan fingerprint density at radius 2 is 1.87 bits per heavy atom. The fourth-order valence-electron chi connectivity index (χ4n) is 6.34. The number of carbonyl (C=O) groups is 1. The Bertz CT molecular complexity index is 1470. The third-order valence-corrected chi connectivity index (χ3v) is 8.71.